The summed E-state index contributed by atoms with van der Waals surface area (Å²) in [7, 11) is 0. The molecule has 2 aromatic rings. The number of benzene rings is 2. The fourth-order valence-corrected chi connectivity index (χ4v) is 2.01. The first-order chi connectivity index (χ1) is 10.2. The Balaban J connectivity index is 1.81. The van der Waals surface area contributed by atoms with Crippen molar-refractivity contribution in [1.29, 1.82) is 0 Å². The van der Waals surface area contributed by atoms with Crippen molar-refractivity contribution in [3.8, 4) is 11.5 Å². The van der Waals surface area contributed by atoms with Crippen molar-refractivity contribution in [2.24, 2.45) is 5.73 Å². The van der Waals surface area contributed by atoms with Gasteiger partial charge in [-0.25, -0.2) is 4.39 Å². The quantitative estimate of drug-likeness (QED) is 0.629. The van der Waals surface area contributed by atoms with E-state index in [1.165, 1.54) is 6.07 Å². The second-order valence-electron chi connectivity index (χ2n) is 4.34. The van der Waals surface area contributed by atoms with Crippen LogP contribution in [-0.4, -0.2) is 18.2 Å². The molecule has 0 bridgehead atoms. The number of ether oxygens (including phenoxy) is 2. The van der Waals surface area contributed by atoms with Gasteiger partial charge in [0.2, 0.25) is 0 Å². The van der Waals surface area contributed by atoms with E-state index >= 15 is 0 Å². The Kier molecular flexibility index (Phi) is 5.51. The van der Waals surface area contributed by atoms with Gasteiger partial charge in [0.1, 0.15) is 22.3 Å². The molecule has 21 heavy (non-hydrogen) atoms. The van der Waals surface area contributed by atoms with Gasteiger partial charge in [0, 0.05) is 6.42 Å². The molecule has 2 N–H and O–H groups in total. The second-order valence-corrected chi connectivity index (χ2v) is 4.78. The zero-order valence-electron chi connectivity index (χ0n) is 11.4. The van der Waals surface area contributed by atoms with Gasteiger partial charge in [-0.2, -0.15) is 0 Å². The van der Waals surface area contributed by atoms with Crippen LogP contribution in [0, 0.1) is 5.82 Å². The Hall–Kier alpha value is -2.14. The van der Waals surface area contributed by atoms with E-state index in [1.54, 1.807) is 12.1 Å². The molecule has 0 aliphatic rings. The summed E-state index contributed by atoms with van der Waals surface area (Å²) in [6.07, 6.45) is 0.669. The average molecular weight is 305 g/mol. The second kappa shape index (κ2) is 7.59. The Morgan fingerprint density at radius 3 is 2.43 bits per heavy atom. The van der Waals surface area contributed by atoms with Gasteiger partial charge in [0.15, 0.2) is 0 Å². The van der Waals surface area contributed by atoms with E-state index in [1.807, 2.05) is 30.3 Å². The Morgan fingerprint density at radius 1 is 1.00 bits per heavy atom. The molecule has 3 nitrogen and oxygen atoms in total. The standard InChI is InChI=1S/C16H16FNO2S/c17-13-8-4-9-14(15(13)16(18)21)20-11-5-10-19-12-6-2-1-3-7-12/h1-4,6-9H,5,10-11H2,(H2,18,21). The number of hydrogen-bond donors (Lipinski definition) is 1. The van der Waals surface area contributed by atoms with Crippen molar-refractivity contribution >= 4 is 17.2 Å². The molecule has 0 aromatic heterocycles. The van der Waals surface area contributed by atoms with Crippen LogP contribution < -0.4 is 15.2 Å². The van der Waals surface area contributed by atoms with Crippen LogP contribution in [0.5, 0.6) is 11.5 Å². The number of thiocarbonyl (C=S) groups is 1. The van der Waals surface area contributed by atoms with Crippen molar-refractivity contribution in [3.63, 3.8) is 0 Å². The van der Waals surface area contributed by atoms with Crippen LogP contribution in [-0.2, 0) is 0 Å². The van der Waals surface area contributed by atoms with Crippen molar-refractivity contribution in [1.82, 2.24) is 0 Å². The highest BCUT2D eigenvalue weighted by atomic mass is 32.1. The van der Waals surface area contributed by atoms with E-state index in [4.69, 9.17) is 27.4 Å². The first-order valence-corrected chi connectivity index (χ1v) is 6.98. The predicted octanol–water partition coefficient (Wildman–Crippen LogP) is 3.31. The summed E-state index contributed by atoms with van der Waals surface area (Å²) >= 11 is 4.84. The minimum absolute atomic E-state index is 0.0105. The first-order valence-electron chi connectivity index (χ1n) is 6.57. The van der Waals surface area contributed by atoms with Gasteiger partial charge in [0.25, 0.3) is 0 Å². The lowest BCUT2D eigenvalue weighted by atomic mass is 10.2. The summed E-state index contributed by atoms with van der Waals surface area (Å²) in [5.74, 6) is 0.704. The zero-order valence-corrected chi connectivity index (χ0v) is 12.2. The average Bonchev–Trinajstić information content (AvgIpc) is 2.47. The van der Waals surface area contributed by atoms with Gasteiger partial charge < -0.3 is 15.2 Å². The minimum atomic E-state index is -0.472. The molecule has 0 saturated carbocycles. The van der Waals surface area contributed by atoms with Crippen molar-refractivity contribution in [2.75, 3.05) is 13.2 Å². The zero-order chi connectivity index (χ0) is 15.1. The normalized spacial score (nSPS) is 10.1. The summed E-state index contributed by atoms with van der Waals surface area (Å²) in [4.78, 5) is -0.0105. The van der Waals surface area contributed by atoms with Gasteiger partial charge in [-0.3, -0.25) is 0 Å². The summed E-state index contributed by atoms with van der Waals surface area (Å²) in [6.45, 7) is 0.910. The topological polar surface area (TPSA) is 44.5 Å². The number of rotatable bonds is 7. The van der Waals surface area contributed by atoms with Crippen LogP contribution in [0.2, 0.25) is 0 Å². The molecule has 0 unspecified atom stereocenters. The maximum Gasteiger partial charge on any atom is 0.137 e. The van der Waals surface area contributed by atoms with E-state index in [-0.39, 0.29) is 10.6 Å². The Labute approximate surface area is 128 Å². The van der Waals surface area contributed by atoms with E-state index in [0.29, 0.717) is 25.4 Å². The monoisotopic (exact) mass is 305 g/mol. The molecule has 0 fully saturated rings. The maximum absolute atomic E-state index is 13.6. The van der Waals surface area contributed by atoms with E-state index in [2.05, 4.69) is 0 Å². The Morgan fingerprint density at radius 2 is 1.71 bits per heavy atom. The highest BCUT2D eigenvalue weighted by Crippen LogP contribution is 2.21. The lowest BCUT2D eigenvalue weighted by Gasteiger charge is -2.11. The van der Waals surface area contributed by atoms with Gasteiger partial charge in [0.05, 0.1) is 18.8 Å². The van der Waals surface area contributed by atoms with Crippen molar-refractivity contribution in [3.05, 3.63) is 59.9 Å². The molecule has 5 heteroatoms. The largest absolute Gasteiger partial charge is 0.493 e. The molecule has 0 aliphatic heterocycles. The molecule has 2 rings (SSSR count). The van der Waals surface area contributed by atoms with Crippen molar-refractivity contribution < 1.29 is 13.9 Å². The molecule has 0 saturated heterocycles. The molecule has 0 spiro atoms. The molecule has 0 heterocycles. The van der Waals surface area contributed by atoms with Gasteiger partial charge in [-0.05, 0) is 24.3 Å². The summed E-state index contributed by atoms with van der Waals surface area (Å²) in [6, 6.07) is 14.0. The fourth-order valence-electron chi connectivity index (χ4n) is 1.81. The summed E-state index contributed by atoms with van der Waals surface area (Å²) in [5.41, 5.74) is 5.66. The maximum atomic E-state index is 13.6. The summed E-state index contributed by atoms with van der Waals surface area (Å²) in [5, 5.41) is 0. The fraction of sp³-hybridized carbons (Fsp3) is 0.188. The molecular formula is C16H16FNO2S. The SMILES string of the molecule is NC(=S)c1c(F)cccc1OCCCOc1ccccc1. The van der Waals surface area contributed by atoms with Crippen LogP contribution in [0.1, 0.15) is 12.0 Å². The highest BCUT2D eigenvalue weighted by Gasteiger charge is 2.11. The molecule has 0 radical (unpaired) electrons. The van der Waals surface area contributed by atoms with Crippen molar-refractivity contribution in [2.45, 2.75) is 6.42 Å². The Bertz CT molecular complexity index is 604. The van der Waals surface area contributed by atoms with Gasteiger partial charge in [-0.1, -0.05) is 36.5 Å². The third-order valence-corrected chi connectivity index (χ3v) is 2.98. The molecule has 0 amide bonds. The van der Waals surface area contributed by atoms with Crippen LogP contribution >= 0.6 is 12.2 Å². The number of hydrogen-bond acceptors (Lipinski definition) is 3. The molecule has 110 valence electrons. The third-order valence-electron chi connectivity index (χ3n) is 2.78. The minimum Gasteiger partial charge on any atom is -0.493 e. The van der Waals surface area contributed by atoms with Crippen LogP contribution in [0.15, 0.2) is 48.5 Å². The predicted molar refractivity (Wildman–Crippen MR) is 84.3 cm³/mol. The first kappa shape index (κ1) is 15.3. The number of nitrogens with two attached hydrogens (primary N) is 1. The summed E-state index contributed by atoms with van der Waals surface area (Å²) < 4.78 is 24.7. The molecule has 2 aromatic carbocycles. The molecule has 0 aliphatic carbocycles. The van der Waals surface area contributed by atoms with Crippen LogP contribution in [0.4, 0.5) is 4.39 Å². The molecule has 0 atom stereocenters. The van der Waals surface area contributed by atoms with Gasteiger partial charge in [-0.15, -0.1) is 0 Å². The third kappa shape index (κ3) is 4.43. The van der Waals surface area contributed by atoms with Crippen LogP contribution in [0.25, 0.3) is 0 Å². The number of para-hydroxylation sites is 1. The van der Waals surface area contributed by atoms with Gasteiger partial charge >= 0.3 is 0 Å². The van der Waals surface area contributed by atoms with E-state index < -0.39 is 5.82 Å². The lowest BCUT2D eigenvalue weighted by molar-refractivity contribution is 0.246. The van der Waals surface area contributed by atoms with Crippen LogP contribution in [0.3, 0.4) is 0 Å². The highest BCUT2D eigenvalue weighted by molar-refractivity contribution is 7.80. The van der Waals surface area contributed by atoms with E-state index in [9.17, 15) is 4.39 Å². The molecular weight excluding hydrogens is 289 g/mol. The lowest BCUT2D eigenvalue weighted by Crippen LogP contribution is -2.15. The smallest absolute Gasteiger partial charge is 0.137 e. The van der Waals surface area contributed by atoms with E-state index in [0.717, 1.165) is 5.75 Å². The number of halogens is 1.